The summed E-state index contributed by atoms with van der Waals surface area (Å²) in [6.07, 6.45) is 0.209. The molecule has 2 rings (SSSR count). The quantitative estimate of drug-likeness (QED) is 0.686. The maximum Gasteiger partial charge on any atom is 0.286 e. The van der Waals surface area contributed by atoms with Crippen molar-refractivity contribution in [2.75, 3.05) is 13.2 Å². The molecular formula is C18H18BrF2NO4. The zero-order chi connectivity index (χ0) is 19.4. The van der Waals surface area contributed by atoms with Gasteiger partial charge in [0.05, 0.1) is 12.7 Å². The largest absolute Gasteiger partial charge is 0.391 e. The van der Waals surface area contributed by atoms with Crippen molar-refractivity contribution >= 4 is 21.7 Å². The lowest BCUT2D eigenvalue weighted by molar-refractivity contribution is 0.0423. The predicted molar refractivity (Wildman–Crippen MR) is 95.4 cm³/mol. The fourth-order valence-corrected chi connectivity index (χ4v) is 2.73. The minimum Gasteiger partial charge on any atom is -0.391 e. The lowest BCUT2D eigenvalue weighted by Gasteiger charge is -2.13. The van der Waals surface area contributed by atoms with Crippen molar-refractivity contribution < 1.29 is 23.4 Å². The van der Waals surface area contributed by atoms with Crippen LogP contribution in [-0.4, -0.2) is 34.8 Å². The van der Waals surface area contributed by atoms with E-state index in [1.807, 2.05) is 0 Å². The molecule has 1 aromatic heterocycles. The van der Waals surface area contributed by atoms with Gasteiger partial charge in [0.1, 0.15) is 12.4 Å². The molecule has 0 aliphatic heterocycles. The molecule has 5 nitrogen and oxygen atoms in total. The number of aromatic nitrogens is 1. The molecular weight excluding hydrogens is 412 g/mol. The first kappa shape index (κ1) is 20.4. The number of ketones is 1. The molecule has 0 aliphatic rings. The van der Waals surface area contributed by atoms with E-state index >= 15 is 0 Å². The van der Waals surface area contributed by atoms with Crippen LogP contribution in [0, 0.1) is 11.6 Å². The van der Waals surface area contributed by atoms with E-state index in [0.717, 1.165) is 4.57 Å². The molecule has 140 valence electrons. The van der Waals surface area contributed by atoms with E-state index in [4.69, 9.17) is 4.74 Å². The minimum atomic E-state index is -1.10. The third-order valence-electron chi connectivity index (χ3n) is 3.70. The van der Waals surface area contributed by atoms with Gasteiger partial charge in [0.2, 0.25) is 0 Å². The third kappa shape index (κ3) is 4.84. The van der Waals surface area contributed by atoms with Gasteiger partial charge in [-0.3, -0.25) is 9.59 Å². The van der Waals surface area contributed by atoms with Crippen molar-refractivity contribution in [3.05, 3.63) is 67.5 Å². The summed E-state index contributed by atoms with van der Waals surface area (Å²) in [6, 6.07) is 4.26. The van der Waals surface area contributed by atoms with Crippen molar-refractivity contribution in [2.45, 2.75) is 19.4 Å². The first-order chi connectivity index (χ1) is 12.2. The van der Waals surface area contributed by atoms with E-state index in [-0.39, 0.29) is 29.7 Å². The maximum absolute atomic E-state index is 14.5. The normalized spacial score (nSPS) is 12.2. The number of aryl methyl sites for hydroxylation is 1. The summed E-state index contributed by atoms with van der Waals surface area (Å²) in [5, 5.41) is 9.18. The van der Waals surface area contributed by atoms with Crippen LogP contribution in [0.1, 0.15) is 28.4 Å². The van der Waals surface area contributed by atoms with Crippen LogP contribution >= 0.6 is 15.9 Å². The molecule has 8 heteroatoms. The summed E-state index contributed by atoms with van der Waals surface area (Å²) in [5.74, 6) is -2.24. The van der Waals surface area contributed by atoms with Crippen LogP contribution in [0.3, 0.4) is 0 Å². The molecule has 0 fully saturated rings. The van der Waals surface area contributed by atoms with Gasteiger partial charge in [-0.1, -0.05) is 22.0 Å². The number of aliphatic hydroxyl groups is 1. The van der Waals surface area contributed by atoms with Gasteiger partial charge in [0.15, 0.2) is 11.6 Å². The van der Waals surface area contributed by atoms with Gasteiger partial charge in [-0.2, -0.15) is 0 Å². The third-order valence-corrected chi connectivity index (χ3v) is 4.19. The monoisotopic (exact) mass is 429 g/mol. The van der Waals surface area contributed by atoms with Crippen LogP contribution in [0.2, 0.25) is 0 Å². The molecule has 1 aromatic carbocycles. The molecule has 26 heavy (non-hydrogen) atoms. The lowest BCUT2D eigenvalue weighted by atomic mass is 9.98. The van der Waals surface area contributed by atoms with Crippen LogP contribution < -0.4 is 5.56 Å². The van der Waals surface area contributed by atoms with E-state index in [0.29, 0.717) is 4.47 Å². The Morgan fingerprint density at radius 1 is 1.38 bits per heavy atom. The Balaban J connectivity index is 2.41. The van der Waals surface area contributed by atoms with Gasteiger partial charge < -0.3 is 14.4 Å². The van der Waals surface area contributed by atoms with Crippen LogP contribution in [-0.2, 0) is 18.2 Å². The number of carbonyl (C=O) groups is 1. The Morgan fingerprint density at radius 3 is 2.69 bits per heavy atom. The van der Waals surface area contributed by atoms with Gasteiger partial charge in [-0.25, -0.2) is 8.78 Å². The van der Waals surface area contributed by atoms with Crippen LogP contribution in [0.15, 0.2) is 33.7 Å². The molecule has 1 atom stereocenters. The molecule has 0 unspecified atom stereocenters. The smallest absolute Gasteiger partial charge is 0.286 e. The lowest BCUT2D eigenvalue weighted by Crippen LogP contribution is -2.26. The number of nitrogens with zero attached hydrogens (tertiary/aromatic N) is 1. The second kappa shape index (κ2) is 8.66. The summed E-state index contributed by atoms with van der Waals surface area (Å²) in [6.45, 7) is 1.05. The molecule has 1 N–H and O–H groups in total. The number of ether oxygens (including phenoxy) is 1. The molecule has 0 saturated carbocycles. The second-order valence-electron chi connectivity index (χ2n) is 5.95. The Morgan fingerprint density at radius 2 is 2.08 bits per heavy atom. The SMILES string of the molecule is C[C@H](O)COCC(=O)c1cn(C)c(=O)c(F)c1Cc1ccc(Br)cc1F. The van der Waals surface area contributed by atoms with Crippen LogP contribution in [0.5, 0.6) is 0 Å². The molecule has 0 spiro atoms. The number of pyridine rings is 1. The number of halogens is 3. The number of carbonyl (C=O) groups excluding carboxylic acids is 1. The number of rotatable bonds is 7. The first-order valence-electron chi connectivity index (χ1n) is 7.81. The highest BCUT2D eigenvalue weighted by molar-refractivity contribution is 9.10. The van der Waals surface area contributed by atoms with Crippen molar-refractivity contribution in [3.8, 4) is 0 Å². The molecule has 0 radical (unpaired) electrons. The summed E-state index contributed by atoms with van der Waals surface area (Å²) in [4.78, 5) is 24.3. The molecule has 0 amide bonds. The molecule has 1 heterocycles. The summed E-state index contributed by atoms with van der Waals surface area (Å²) < 4.78 is 35.2. The molecule has 0 aliphatic carbocycles. The highest BCUT2D eigenvalue weighted by Crippen LogP contribution is 2.21. The summed E-state index contributed by atoms with van der Waals surface area (Å²) in [7, 11) is 1.32. The highest BCUT2D eigenvalue weighted by Gasteiger charge is 2.21. The standard InChI is InChI=1S/C18H18BrF2NO4/c1-10(23)8-26-9-16(24)14-7-22(2)18(25)17(21)13(14)5-11-3-4-12(19)6-15(11)20/h3-4,6-7,10,23H,5,8-9H2,1-2H3/t10-/m0/s1. The van der Waals surface area contributed by atoms with Gasteiger partial charge >= 0.3 is 0 Å². The number of Topliss-reactive ketones (excluding diaryl/α,β-unsaturated/α-hetero) is 1. The maximum atomic E-state index is 14.5. The fraction of sp³-hybridized carbons (Fsp3) is 0.333. The number of hydrogen-bond donors (Lipinski definition) is 1. The van der Waals surface area contributed by atoms with Crippen molar-refractivity contribution in [2.24, 2.45) is 7.05 Å². The van der Waals surface area contributed by atoms with Gasteiger partial charge in [-0.05, 0) is 24.6 Å². The van der Waals surface area contributed by atoms with Gasteiger partial charge in [0.25, 0.3) is 5.56 Å². The van der Waals surface area contributed by atoms with Crippen LogP contribution in [0.4, 0.5) is 8.78 Å². The highest BCUT2D eigenvalue weighted by atomic mass is 79.9. The number of hydrogen-bond acceptors (Lipinski definition) is 4. The van der Waals surface area contributed by atoms with Crippen molar-refractivity contribution in [1.29, 1.82) is 0 Å². The van der Waals surface area contributed by atoms with Crippen molar-refractivity contribution in [1.82, 2.24) is 4.57 Å². The second-order valence-corrected chi connectivity index (χ2v) is 6.87. The van der Waals surface area contributed by atoms with E-state index < -0.39 is 35.7 Å². The van der Waals surface area contributed by atoms with Gasteiger partial charge in [-0.15, -0.1) is 0 Å². The van der Waals surface area contributed by atoms with E-state index in [1.165, 1.54) is 32.3 Å². The van der Waals surface area contributed by atoms with Crippen molar-refractivity contribution in [3.63, 3.8) is 0 Å². The average Bonchev–Trinajstić information content (AvgIpc) is 2.56. The Hall–Kier alpha value is -1.90. The molecule has 0 bridgehead atoms. The van der Waals surface area contributed by atoms with E-state index in [9.17, 15) is 23.5 Å². The number of aliphatic hydroxyl groups excluding tert-OH is 1. The summed E-state index contributed by atoms with van der Waals surface area (Å²) >= 11 is 3.14. The van der Waals surface area contributed by atoms with Crippen LogP contribution in [0.25, 0.3) is 0 Å². The average molecular weight is 430 g/mol. The minimum absolute atomic E-state index is 0.0579. The Labute approximate surface area is 157 Å². The Kier molecular flexibility index (Phi) is 6.80. The first-order valence-corrected chi connectivity index (χ1v) is 8.61. The topological polar surface area (TPSA) is 68.5 Å². The predicted octanol–water partition coefficient (Wildman–Crippen LogP) is 2.60. The number of benzene rings is 1. The zero-order valence-corrected chi connectivity index (χ0v) is 15.8. The van der Waals surface area contributed by atoms with Gasteiger partial charge in [0, 0.05) is 35.3 Å². The van der Waals surface area contributed by atoms with E-state index in [2.05, 4.69) is 15.9 Å². The molecule has 0 saturated heterocycles. The summed E-state index contributed by atoms with van der Waals surface area (Å²) in [5.41, 5.74) is -0.990. The Bertz CT molecular complexity index is 880. The zero-order valence-electron chi connectivity index (χ0n) is 14.3. The van der Waals surface area contributed by atoms with E-state index in [1.54, 1.807) is 6.07 Å². The molecule has 2 aromatic rings. The fourth-order valence-electron chi connectivity index (χ4n) is 2.40.